The first-order valence-electron chi connectivity index (χ1n) is 11.7. The van der Waals surface area contributed by atoms with E-state index in [9.17, 15) is 18.0 Å². The number of carbonyl (C=O) groups is 1. The monoisotopic (exact) mass is 506 g/mol. The van der Waals surface area contributed by atoms with Crippen LogP contribution in [-0.2, 0) is 6.18 Å². The number of para-hydroxylation sites is 1. The molecule has 2 aromatic heterocycles. The van der Waals surface area contributed by atoms with Gasteiger partial charge in [-0.15, -0.1) is 0 Å². The molecule has 188 valence electrons. The molecule has 2 amide bonds. The van der Waals surface area contributed by atoms with Crippen molar-refractivity contribution in [2.45, 2.75) is 24.7 Å². The highest BCUT2D eigenvalue weighted by atomic mass is 19.4. The fraction of sp³-hybridized carbons (Fsp3) is 0.231. The molecule has 2 saturated heterocycles. The Labute approximate surface area is 209 Å². The Morgan fingerprint density at radius 1 is 0.946 bits per heavy atom. The fourth-order valence-electron chi connectivity index (χ4n) is 4.99. The zero-order valence-corrected chi connectivity index (χ0v) is 19.4. The molecule has 2 aromatic carbocycles. The third kappa shape index (κ3) is 4.37. The first-order valence-corrected chi connectivity index (χ1v) is 11.7. The molecule has 2 aliphatic rings. The average Bonchev–Trinajstić information content (AvgIpc) is 3.66. The van der Waals surface area contributed by atoms with Gasteiger partial charge in [0.2, 0.25) is 5.82 Å². The van der Waals surface area contributed by atoms with Gasteiger partial charge >= 0.3 is 18.1 Å². The molecule has 2 unspecified atom stereocenters. The van der Waals surface area contributed by atoms with Gasteiger partial charge in [-0.1, -0.05) is 53.7 Å². The number of aromatic nitrogens is 3. The Hall–Kier alpha value is -4.41. The van der Waals surface area contributed by atoms with Gasteiger partial charge in [0.05, 0.1) is 17.8 Å². The predicted molar refractivity (Wildman–Crippen MR) is 130 cm³/mol. The number of alkyl halides is 3. The number of pyridine rings is 1. The Balaban J connectivity index is 1.12. The lowest BCUT2D eigenvalue weighted by Crippen LogP contribution is -2.50. The molecular weight excluding hydrogens is 485 g/mol. The molecule has 4 heterocycles. The normalized spacial score (nSPS) is 18.9. The van der Waals surface area contributed by atoms with Gasteiger partial charge in [0.25, 0.3) is 0 Å². The number of anilines is 2. The van der Waals surface area contributed by atoms with Crippen molar-refractivity contribution in [3.63, 3.8) is 0 Å². The topological polar surface area (TPSA) is 87.4 Å². The molecule has 8 nitrogen and oxygen atoms in total. The van der Waals surface area contributed by atoms with E-state index in [0.717, 1.165) is 23.2 Å². The molecule has 2 fully saturated rings. The van der Waals surface area contributed by atoms with Crippen LogP contribution in [0, 0.1) is 0 Å². The second-order valence-corrected chi connectivity index (χ2v) is 9.02. The number of benzene rings is 2. The average molecular weight is 506 g/mol. The van der Waals surface area contributed by atoms with Crippen molar-refractivity contribution in [3.05, 3.63) is 78.8 Å². The van der Waals surface area contributed by atoms with E-state index in [1.807, 2.05) is 59.5 Å². The van der Waals surface area contributed by atoms with E-state index in [4.69, 9.17) is 0 Å². The molecule has 37 heavy (non-hydrogen) atoms. The SMILES string of the molecule is O=C(Nc1ccccc1-c1ccccc1)N1CC2CC1CN2c1ccc(-c2noc(C(F)(F)F)n2)cn1. The largest absolute Gasteiger partial charge is 0.471 e. The summed E-state index contributed by atoms with van der Waals surface area (Å²) in [6, 6.07) is 20.9. The van der Waals surface area contributed by atoms with Crippen molar-refractivity contribution >= 4 is 17.5 Å². The van der Waals surface area contributed by atoms with Crippen LogP contribution < -0.4 is 10.2 Å². The molecule has 11 heteroatoms. The molecule has 4 aromatic rings. The molecule has 1 N–H and O–H groups in total. The summed E-state index contributed by atoms with van der Waals surface area (Å²) in [4.78, 5) is 25.0. The van der Waals surface area contributed by atoms with Crippen LogP contribution in [0.3, 0.4) is 0 Å². The molecule has 2 aliphatic heterocycles. The highest BCUT2D eigenvalue weighted by molar-refractivity contribution is 5.95. The second-order valence-electron chi connectivity index (χ2n) is 9.02. The minimum Gasteiger partial charge on any atom is -0.350 e. The van der Waals surface area contributed by atoms with Gasteiger partial charge in [0.1, 0.15) is 5.82 Å². The van der Waals surface area contributed by atoms with E-state index in [1.54, 1.807) is 12.1 Å². The van der Waals surface area contributed by atoms with E-state index in [2.05, 4.69) is 29.9 Å². The zero-order valence-electron chi connectivity index (χ0n) is 19.4. The maximum atomic E-state index is 13.2. The number of halogens is 3. The van der Waals surface area contributed by atoms with Crippen molar-refractivity contribution in [2.24, 2.45) is 0 Å². The van der Waals surface area contributed by atoms with Gasteiger partial charge < -0.3 is 19.6 Å². The number of hydrogen-bond donors (Lipinski definition) is 1. The van der Waals surface area contributed by atoms with Crippen molar-refractivity contribution in [2.75, 3.05) is 23.3 Å². The maximum Gasteiger partial charge on any atom is 0.471 e. The smallest absolute Gasteiger partial charge is 0.350 e. The van der Waals surface area contributed by atoms with Crippen LogP contribution in [0.15, 0.2) is 77.4 Å². The minimum absolute atomic E-state index is 0.0296. The van der Waals surface area contributed by atoms with Crippen LogP contribution in [0.1, 0.15) is 12.3 Å². The van der Waals surface area contributed by atoms with Gasteiger partial charge in [-0.25, -0.2) is 9.78 Å². The van der Waals surface area contributed by atoms with Crippen molar-refractivity contribution < 1.29 is 22.5 Å². The molecule has 2 atom stereocenters. The lowest BCUT2D eigenvalue weighted by atomic mass is 10.0. The van der Waals surface area contributed by atoms with Crippen molar-refractivity contribution in [1.82, 2.24) is 20.0 Å². The highest BCUT2D eigenvalue weighted by Crippen LogP contribution is 2.36. The predicted octanol–water partition coefficient (Wildman–Crippen LogP) is 5.31. The van der Waals surface area contributed by atoms with Gasteiger partial charge in [0.15, 0.2) is 0 Å². The van der Waals surface area contributed by atoms with Crippen LogP contribution in [0.2, 0.25) is 0 Å². The zero-order chi connectivity index (χ0) is 25.6. The minimum atomic E-state index is -4.70. The molecule has 2 bridgehead atoms. The number of urea groups is 1. The number of hydrogen-bond acceptors (Lipinski definition) is 6. The van der Waals surface area contributed by atoms with Crippen molar-refractivity contribution in [1.29, 1.82) is 0 Å². The Kier molecular flexibility index (Phi) is 5.54. The van der Waals surface area contributed by atoms with E-state index in [-0.39, 0.29) is 23.9 Å². The molecule has 0 aliphatic carbocycles. The number of likely N-dealkylation sites (tertiary alicyclic amines) is 1. The van der Waals surface area contributed by atoms with Crippen LogP contribution in [0.25, 0.3) is 22.5 Å². The highest BCUT2D eigenvalue weighted by Gasteiger charge is 2.46. The standard InChI is InChI=1S/C26H21F3N6O2/c27-26(28,29)24-32-23(33-37-24)17-10-11-22(30-13-17)34-14-19-12-18(34)15-35(19)25(36)31-21-9-5-4-8-20(21)16-6-2-1-3-7-16/h1-11,13,18-19H,12,14-15H2,(H,31,36). The number of nitrogens with one attached hydrogen (secondary N) is 1. The van der Waals surface area contributed by atoms with Crippen LogP contribution in [0.4, 0.5) is 29.5 Å². The Morgan fingerprint density at radius 2 is 1.73 bits per heavy atom. The van der Waals surface area contributed by atoms with Crippen LogP contribution in [-0.4, -0.2) is 51.2 Å². The summed E-state index contributed by atoms with van der Waals surface area (Å²) in [6.45, 7) is 1.17. The van der Waals surface area contributed by atoms with E-state index in [0.29, 0.717) is 24.5 Å². The number of nitrogens with zero attached hydrogens (tertiary/aromatic N) is 5. The molecule has 0 radical (unpaired) electrons. The number of carbonyl (C=O) groups excluding carboxylic acids is 1. The van der Waals surface area contributed by atoms with Gasteiger partial charge in [-0.05, 0) is 30.2 Å². The summed E-state index contributed by atoms with van der Waals surface area (Å²) in [5, 5.41) is 6.48. The van der Waals surface area contributed by atoms with Gasteiger partial charge in [-0.2, -0.15) is 18.2 Å². The summed E-state index contributed by atoms with van der Waals surface area (Å²) >= 11 is 0. The van der Waals surface area contributed by atoms with Crippen molar-refractivity contribution in [3.8, 4) is 22.5 Å². The van der Waals surface area contributed by atoms with E-state index in [1.165, 1.54) is 6.20 Å². The molecular formula is C26H21F3N6O2. The van der Waals surface area contributed by atoms with Crippen LogP contribution >= 0.6 is 0 Å². The fourth-order valence-corrected chi connectivity index (χ4v) is 4.99. The number of piperazine rings is 1. The Bertz CT molecular complexity index is 1420. The van der Waals surface area contributed by atoms with Crippen LogP contribution in [0.5, 0.6) is 0 Å². The quantitative estimate of drug-likeness (QED) is 0.404. The Morgan fingerprint density at radius 3 is 2.41 bits per heavy atom. The second kappa shape index (κ2) is 8.91. The number of rotatable bonds is 4. The van der Waals surface area contributed by atoms with Gasteiger partial charge in [0, 0.05) is 30.4 Å². The summed E-state index contributed by atoms with van der Waals surface area (Å²) in [5.41, 5.74) is 3.06. The first-order chi connectivity index (χ1) is 17.9. The summed E-state index contributed by atoms with van der Waals surface area (Å²) < 4.78 is 42.5. The number of amides is 2. The molecule has 6 rings (SSSR count). The summed E-state index contributed by atoms with van der Waals surface area (Å²) in [7, 11) is 0. The lowest BCUT2D eigenvalue weighted by molar-refractivity contribution is -0.159. The molecule has 0 saturated carbocycles. The maximum absolute atomic E-state index is 13.2. The number of fused-ring (bicyclic) bond motifs is 2. The van der Waals surface area contributed by atoms with E-state index < -0.39 is 12.1 Å². The van der Waals surface area contributed by atoms with Gasteiger partial charge in [-0.3, -0.25) is 0 Å². The molecule has 0 spiro atoms. The lowest BCUT2D eigenvalue weighted by Gasteiger charge is -2.35. The van der Waals surface area contributed by atoms with E-state index >= 15 is 0 Å². The third-order valence-corrected chi connectivity index (χ3v) is 6.72. The third-order valence-electron chi connectivity index (χ3n) is 6.72. The summed E-state index contributed by atoms with van der Waals surface area (Å²) in [6.07, 6.45) is -2.45. The summed E-state index contributed by atoms with van der Waals surface area (Å²) in [5.74, 6) is -0.883. The first kappa shape index (κ1) is 23.0.